The summed E-state index contributed by atoms with van der Waals surface area (Å²) in [6, 6.07) is 16.6. The minimum absolute atomic E-state index is 0.00178. The van der Waals surface area contributed by atoms with Crippen LogP contribution in [0, 0.1) is 6.92 Å². The Balaban J connectivity index is 2.11. The van der Waals surface area contributed by atoms with Crippen molar-refractivity contribution in [3.05, 3.63) is 92.9 Å². The fourth-order valence-electron chi connectivity index (χ4n) is 4.22. The van der Waals surface area contributed by atoms with E-state index in [1.807, 2.05) is 20.8 Å². The van der Waals surface area contributed by atoms with Gasteiger partial charge in [-0.1, -0.05) is 84.5 Å². The molecule has 41 heavy (non-hydrogen) atoms. The Labute approximate surface area is 257 Å². The Morgan fingerprint density at radius 1 is 0.854 bits per heavy atom. The van der Waals surface area contributed by atoms with E-state index in [4.69, 9.17) is 34.8 Å². The van der Waals surface area contributed by atoms with E-state index >= 15 is 0 Å². The summed E-state index contributed by atoms with van der Waals surface area (Å²) in [7, 11) is -4.24. The molecule has 0 unspecified atom stereocenters. The molecule has 0 aliphatic carbocycles. The Bertz CT molecular complexity index is 1460. The molecule has 3 aromatic rings. The van der Waals surface area contributed by atoms with E-state index in [0.717, 1.165) is 9.87 Å². The van der Waals surface area contributed by atoms with E-state index in [1.165, 1.54) is 23.1 Å². The zero-order valence-electron chi connectivity index (χ0n) is 23.4. The number of hydrogen-bond donors (Lipinski definition) is 1. The van der Waals surface area contributed by atoms with E-state index in [0.29, 0.717) is 22.0 Å². The fraction of sp³-hybridized carbons (Fsp3) is 0.333. The molecule has 0 saturated carbocycles. The van der Waals surface area contributed by atoms with Crippen molar-refractivity contribution >= 4 is 62.3 Å². The summed E-state index contributed by atoms with van der Waals surface area (Å²) in [4.78, 5) is 28.9. The molecule has 0 radical (unpaired) electrons. The molecule has 0 aliphatic rings. The quantitative estimate of drug-likeness (QED) is 0.235. The fourth-order valence-corrected chi connectivity index (χ4v) is 6.46. The van der Waals surface area contributed by atoms with Gasteiger partial charge in [0.1, 0.15) is 12.6 Å². The molecule has 0 fully saturated rings. The van der Waals surface area contributed by atoms with Gasteiger partial charge in [0.15, 0.2) is 0 Å². The minimum Gasteiger partial charge on any atom is -0.352 e. The first kappa shape index (κ1) is 32.7. The normalized spacial score (nSPS) is 12.9. The third-order valence-corrected chi connectivity index (χ3v) is 9.59. The number of halogens is 3. The molecule has 220 valence electrons. The Morgan fingerprint density at radius 3 is 2.00 bits per heavy atom. The maximum absolute atomic E-state index is 14.2. The summed E-state index contributed by atoms with van der Waals surface area (Å²) >= 11 is 19.4. The molecule has 0 aliphatic heterocycles. The van der Waals surface area contributed by atoms with E-state index in [1.54, 1.807) is 55.5 Å². The SMILES string of the molecule is CC[C@@H](C)NC(=O)[C@@H](CC)N(Cc1c(Cl)cccc1Cl)C(=O)CN(c1ccccc1Cl)S(=O)(=O)c1ccc(C)cc1. The molecule has 2 amide bonds. The number of carbonyl (C=O) groups excluding carboxylic acids is 2. The highest BCUT2D eigenvalue weighted by Gasteiger charge is 2.35. The smallest absolute Gasteiger partial charge is 0.264 e. The second-order valence-electron chi connectivity index (χ2n) is 9.74. The second-order valence-corrected chi connectivity index (χ2v) is 12.8. The number of benzene rings is 3. The lowest BCUT2D eigenvalue weighted by Crippen LogP contribution is -2.53. The number of hydrogen-bond acceptors (Lipinski definition) is 4. The van der Waals surface area contributed by atoms with Gasteiger partial charge in [-0.3, -0.25) is 13.9 Å². The predicted molar refractivity (Wildman–Crippen MR) is 166 cm³/mol. The molecule has 0 saturated heterocycles. The number of rotatable bonds is 12. The van der Waals surface area contributed by atoms with Gasteiger partial charge >= 0.3 is 0 Å². The number of nitrogens with one attached hydrogen (secondary N) is 1. The van der Waals surface area contributed by atoms with Crippen molar-refractivity contribution in [3.63, 3.8) is 0 Å². The van der Waals surface area contributed by atoms with Crippen molar-refractivity contribution in [2.45, 2.75) is 64.1 Å². The first-order valence-corrected chi connectivity index (χ1v) is 15.8. The number of anilines is 1. The molecule has 2 atom stereocenters. The second kappa shape index (κ2) is 14.4. The van der Waals surface area contributed by atoms with Crippen LogP contribution < -0.4 is 9.62 Å². The monoisotopic (exact) mass is 637 g/mol. The van der Waals surface area contributed by atoms with E-state index in [9.17, 15) is 18.0 Å². The molecule has 3 rings (SSSR count). The van der Waals surface area contributed by atoms with Crippen molar-refractivity contribution in [1.82, 2.24) is 10.2 Å². The van der Waals surface area contributed by atoms with E-state index in [2.05, 4.69) is 5.32 Å². The molecule has 1 N–H and O–H groups in total. The standard InChI is InChI=1S/C30H34Cl3N3O4S/c1-5-21(4)34-30(38)27(6-2)35(18-23-24(31)11-9-12-25(23)32)29(37)19-36(28-13-8-7-10-26(28)33)41(39,40)22-16-14-20(3)15-17-22/h7-17,21,27H,5-6,18-19H2,1-4H3,(H,34,38)/t21-,27-/m1/s1. The number of aryl methyl sites for hydroxylation is 1. The van der Waals surface area contributed by atoms with Gasteiger partial charge < -0.3 is 10.2 Å². The van der Waals surface area contributed by atoms with Crippen LogP contribution in [0.5, 0.6) is 0 Å². The summed E-state index contributed by atoms with van der Waals surface area (Å²) in [5.41, 5.74) is 1.46. The van der Waals surface area contributed by atoms with Gasteiger partial charge in [-0.15, -0.1) is 0 Å². The van der Waals surface area contributed by atoms with Gasteiger partial charge in [0.25, 0.3) is 10.0 Å². The van der Waals surface area contributed by atoms with Crippen LogP contribution in [-0.4, -0.2) is 43.8 Å². The average molecular weight is 639 g/mol. The molecule has 7 nitrogen and oxygen atoms in total. The number of para-hydroxylation sites is 1. The summed E-state index contributed by atoms with van der Waals surface area (Å²) in [5, 5.41) is 3.73. The van der Waals surface area contributed by atoms with Crippen LogP contribution >= 0.6 is 34.8 Å². The third kappa shape index (κ3) is 7.95. The van der Waals surface area contributed by atoms with E-state index in [-0.39, 0.29) is 40.5 Å². The highest BCUT2D eigenvalue weighted by molar-refractivity contribution is 7.92. The molecule has 0 spiro atoms. The van der Waals surface area contributed by atoms with Gasteiger partial charge in [0, 0.05) is 28.2 Å². The van der Waals surface area contributed by atoms with Crippen LogP contribution in [0.1, 0.15) is 44.7 Å². The van der Waals surface area contributed by atoms with Gasteiger partial charge in [-0.25, -0.2) is 8.42 Å². The molecular weight excluding hydrogens is 605 g/mol. The molecule has 3 aromatic carbocycles. The number of sulfonamides is 1. The van der Waals surface area contributed by atoms with Gasteiger partial charge in [-0.05, 0) is 63.1 Å². The maximum atomic E-state index is 14.2. The molecule has 0 bridgehead atoms. The van der Waals surface area contributed by atoms with Crippen LogP contribution in [0.2, 0.25) is 15.1 Å². The lowest BCUT2D eigenvalue weighted by atomic mass is 10.1. The summed E-state index contributed by atoms with van der Waals surface area (Å²) in [6.07, 6.45) is 0.967. The van der Waals surface area contributed by atoms with Crippen LogP contribution in [0.15, 0.2) is 71.6 Å². The summed E-state index contributed by atoms with van der Waals surface area (Å²) in [5.74, 6) is -0.980. The predicted octanol–water partition coefficient (Wildman–Crippen LogP) is 6.87. The zero-order valence-corrected chi connectivity index (χ0v) is 26.5. The summed E-state index contributed by atoms with van der Waals surface area (Å²) < 4.78 is 28.9. The Kier molecular flexibility index (Phi) is 11.5. The highest BCUT2D eigenvalue weighted by atomic mass is 35.5. The van der Waals surface area contributed by atoms with Crippen molar-refractivity contribution in [1.29, 1.82) is 0 Å². The van der Waals surface area contributed by atoms with Crippen molar-refractivity contribution < 1.29 is 18.0 Å². The zero-order chi connectivity index (χ0) is 30.3. The van der Waals surface area contributed by atoms with Crippen molar-refractivity contribution in [3.8, 4) is 0 Å². The molecular formula is C30H34Cl3N3O4S. The average Bonchev–Trinajstić information content (AvgIpc) is 2.93. The lowest BCUT2D eigenvalue weighted by molar-refractivity contribution is -0.140. The van der Waals surface area contributed by atoms with Crippen LogP contribution in [-0.2, 0) is 26.2 Å². The Morgan fingerprint density at radius 2 is 1.44 bits per heavy atom. The summed E-state index contributed by atoms with van der Waals surface area (Å²) in [6.45, 7) is 6.72. The van der Waals surface area contributed by atoms with Crippen LogP contribution in [0.3, 0.4) is 0 Å². The van der Waals surface area contributed by atoms with Crippen molar-refractivity contribution in [2.24, 2.45) is 0 Å². The first-order chi connectivity index (χ1) is 19.4. The van der Waals surface area contributed by atoms with Crippen LogP contribution in [0.4, 0.5) is 5.69 Å². The van der Waals surface area contributed by atoms with Crippen LogP contribution in [0.25, 0.3) is 0 Å². The minimum atomic E-state index is -4.24. The van der Waals surface area contributed by atoms with Gasteiger partial charge in [-0.2, -0.15) is 0 Å². The highest BCUT2D eigenvalue weighted by Crippen LogP contribution is 2.32. The number of carbonyl (C=O) groups is 2. The molecule has 0 aromatic heterocycles. The largest absolute Gasteiger partial charge is 0.352 e. The third-order valence-electron chi connectivity index (χ3n) is 6.79. The lowest BCUT2D eigenvalue weighted by Gasteiger charge is -2.34. The topological polar surface area (TPSA) is 86.8 Å². The van der Waals surface area contributed by atoms with Crippen molar-refractivity contribution in [2.75, 3.05) is 10.8 Å². The van der Waals surface area contributed by atoms with Gasteiger partial charge in [0.2, 0.25) is 11.8 Å². The number of nitrogens with zero attached hydrogens (tertiary/aromatic N) is 2. The number of amides is 2. The Hall–Kier alpha value is -2.78. The first-order valence-electron chi connectivity index (χ1n) is 13.3. The maximum Gasteiger partial charge on any atom is 0.264 e. The molecule has 0 heterocycles. The van der Waals surface area contributed by atoms with Gasteiger partial charge in [0.05, 0.1) is 15.6 Å². The van der Waals surface area contributed by atoms with E-state index < -0.39 is 28.5 Å². The molecule has 11 heteroatoms.